The van der Waals surface area contributed by atoms with Crippen LogP contribution in [0.1, 0.15) is 5.76 Å². The number of nitrogens with zero attached hydrogens (tertiary/aromatic N) is 1. The molecule has 9 heteroatoms. The standard InChI is InChI=1S/C17H18N2O6S/c1-11-6-15(19-25-11)18-16(20)9-26-10-17(21)23-8-12-7-22-13-4-2-3-5-14(13)24-12/h2-6,12H,7-10H2,1H3,(H,18,19,20)/t12-/m1/s1. The van der Waals surface area contributed by atoms with E-state index in [0.29, 0.717) is 29.7 Å². The smallest absolute Gasteiger partial charge is 0.316 e. The second-order valence-corrected chi connectivity index (χ2v) is 6.53. The van der Waals surface area contributed by atoms with Gasteiger partial charge in [-0.2, -0.15) is 0 Å². The van der Waals surface area contributed by atoms with E-state index in [0.717, 1.165) is 11.8 Å². The Morgan fingerprint density at radius 3 is 2.88 bits per heavy atom. The van der Waals surface area contributed by atoms with Gasteiger partial charge in [0.15, 0.2) is 23.4 Å². The Kier molecular flexibility index (Phi) is 6.00. The number of amides is 1. The summed E-state index contributed by atoms with van der Waals surface area (Å²) in [7, 11) is 0. The van der Waals surface area contributed by atoms with Gasteiger partial charge < -0.3 is 24.1 Å². The van der Waals surface area contributed by atoms with Crippen LogP contribution >= 0.6 is 11.8 Å². The van der Waals surface area contributed by atoms with E-state index in [-0.39, 0.29) is 30.1 Å². The third-order valence-corrected chi connectivity index (χ3v) is 4.25. The van der Waals surface area contributed by atoms with Crippen LogP contribution in [0.5, 0.6) is 11.5 Å². The lowest BCUT2D eigenvalue weighted by Gasteiger charge is -2.25. The molecular weight excluding hydrogens is 360 g/mol. The highest BCUT2D eigenvalue weighted by molar-refractivity contribution is 8.00. The topological polar surface area (TPSA) is 99.9 Å². The third-order valence-electron chi connectivity index (χ3n) is 3.35. The number of benzene rings is 1. The van der Waals surface area contributed by atoms with Crippen LogP contribution in [-0.2, 0) is 14.3 Å². The molecule has 2 heterocycles. The van der Waals surface area contributed by atoms with Crippen LogP contribution in [0.15, 0.2) is 34.9 Å². The number of hydrogen-bond donors (Lipinski definition) is 1. The summed E-state index contributed by atoms with van der Waals surface area (Å²) in [4.78, 5) is 23.5. The van der Waals surface area contributed by atoms with E-state index in [1.807, 2.05) is 18.2 Å². The number of hydrogen-bond acceptors (Lipinski definition) is 8. The minimum atomic E-state index is -0.414. The van der Waals surface area contributed by atoms with E-state index < -0.39 is 5.97 Å². The van der Waals surface area contributed by atoms with Gasteiger partial charge in [0.25, 0.3) is 0 Å². The SMILES string of the molecule is Cc1cc(NC(=O)CSCC(=O)OC[C@H]2COc3ccccc3O2)no1. The fraction of sp³-hybridized carbons (Fsp3) is 0.353. The molecule has 0 unspecified atom stereocenters. The van der Waals surface area contributed by atoms with E-state index >= 15 is 0 Å². The quantitative estimate of drug-likeness (QED) is 0.731. The van der Waals surface area contributed by atoms with Gasteiger partial charge in [0.1, 0.15) is 19.0 Å². The Hall–Kier alpha value is -2.68. The second kappa shape index (κ2) is 8.61. The van der Waals surface area contributed by atoms with Crippen molar-refractivity contribution in [2.75, 3.05) is 30.0 Å². The van der Waals surface area contributed by atoms with Crippen LogP contribution in [0, 0.1) is 6.92 Å². The summed E-state index contributed by atoms with van der Waals surface area (Å²) in [6, 6.07) is 8.94. The molecule has 1 aliphatic heterocycles. The van der Waals surface area contributed by atoms with Gasteiger partial charge in [-0.05, 0) is 19.1 Å². The van der Waals surface area contributed by atoms with Crippen LogP contribution in [0.2, 0.25) is 0 Å². The number of ether oxygens (including phenoxy) is 3. The van der Waals surface area contributed by atoms with Crippen molar-refractivity contribution in [3.63, 3.8) is 0 Å². The Morgan fingerprint density at radius 1 is 1.31 bits per heavy atom. The molecule has 0 bridgehead atoms. The molecule has 0 spiro atoms. The van der Waals surface area contributed by atoms with E-state index in [4.69, 9.17) is 18.7 Å². The van der Waals surface area contributed by atoms with Gasteiger partial charge in [-0.25, -0.2) is 0 Å². The van der Waals surface area contributed by atoms with Crippen LogP contribution in [0.3, 0.4) is 0 Å². The number of fused-ring (bicyclic) bond motifs is 1. The lowest BCUT2D eigenvalue weighted by molar-refractivity contribution is -0.143. The molecule has 1 amide bonds. The molecule has 0 saturated carbocycles. The first-order valence-electron chi connectivity index (χ1n) is 7.95. The highest BCUT2D eigenvalue weighted by Crippen LogP contribution is 2.30. The average Bonchev–Trinajstić information content (AvgIpc) is 3.04. The molecule has 0 aliphatic carbocycles. The Morgan fingerprint density at radius 2 is 2.12 bits per heavy atom. The van der Waals surface area contributed by atoms with Gasteiger partial charge in [-0.15, -0.1) is 11.8 Å². The first-order chi connectivity index (χ1) is 12.6. The van der Waals surface area contributed by atoms with E-state index in [9.17, 15) is 9.59 Å². The van der Waals surface area contributed by atoms with Gasteiger partial charge >= 0.3 is 5.97 Å². The van der Waals surface area contributed by atoms with Crippen LogP contribution in [0.4, 0.5) is 5.82 Å². The fourth-order valence-electron chi connectivity index (χ4n) is 2.20. The predicted molar refractivity (Wildman–Crippen MR) is 94.5 cm³/mol. The number of thioether (sulfide) groups is 1. The molecule has 0 radical (unpaired) electrons. The highest BCUT2D eigenvalue weighted by atomic mass is 32.2. The van der Waals surface area contributed by atoms with Crippen LogP contribution in [-0.4, -0.2) is 47.9 Å². The molecule has 1 aromatic carbocycles. The minimum Gasteiger partial charge on any atom is -0.486 e. The summed E-state index contributed by atoms with van der Waals surface area (Å²) in [6.45, 7) is 2.14. The Balaban J connectivity index is 1.31. The summed E-state index contributed by atoms with van der Waals surface area (Å²) >= 11 is 1.15. The second-order valence-electron chi connectivity index (χ2n) is 5.54. The van der Waals surface area contributed by atoms with Crippen molar-refractivity contribution in [2.24, 2.45) is 0 Å². The number of para-hydroxylation sites is 2. The number of esters is 1. The lowest BCUT2D eigenvalue weighted by Crippen LogP contribution is -2.34. The molecule has 3 rings (SSSR count). The molecule has 0 saturated heterocycles. The van der Waals surface area contributed by atoms with Crippen LogP contribution in [0.25, 0.3) is 0 Å². The van der Waals surface area contributed by atoms with Crippen LogP contribution < -0.4 is 14.8 Å². The third kappa shape index (κ3) is 5.16. The maximum atomic E-state index is 11.8. The average molecular weight is 378 g/mol. The minimum absolute atomic E-state index is 0.0649. The van der Waals surface area contributed by atoms with E-state index in [2.05, 4.69) is 10.5 Å². The zero-order valence-corrected chi connectivity index (χ0v) is 14.9. The number of carbonyl (C=O) groups is 2. The van der Waals surface area contributed by atoms with Crippen molar-refractivity contribution in [3.05, 3.63) is 36.1 Å². The molecule has 1 aromatic heterocycles. The van der Waals surface area contributed by atoms with Gasteiger partial charge in [0, 0.05) is 6.07 Å². The molecule has 1 N–H and O–H groups in total. The summed E-state index contributed by atoms with van der Waals surface area (Å²) in [5, 5.41) is 6.24. The number of nitrogens with one attached hydrogen (secondary N) is 1. The molecule has 8 nitrogen and oxygen atoms in total. The Labute approximate surface area is 154 Å². The largest absolute Gasteiger partial charge is 0.486 e. The monoisotopic (exact) mass is 378 g/mol. The molecule has 138 valence electrons. The molecule has 1 atom stereocenters. The molecule has 2 aromatic rings. The molecule has 1 aliphatic rings. The van der Waals surface area contributed by atoms with Gasteiger partial charge in [0.2, 0.25) is 5.91 Å². The van der Waals surface area contributed by atoms with Crippen molar-refractivity contribution in [1.82, 2.24) is 5.16 Å². The normalized spacial score (nSPS) is 15.3. The molecule has 0 fully saturated rings. The summed E-state index contributed by atoms with van der Waals surface area (Å²) in [6.07, 6.45) is -0.349. The maximum absolute atomic E-state index is 11.8. The summed E-state index contributed by atoms with van der Waals surface area (Å²) < 4.78 is 21.3. The van der Waals surface area contributed by atoms with Crippen molar-refractivity contribution >= 4 is 29.5 Å². The van der Waals surface area contributed by atoms with Crippen molar-refractivity contribution in [2.45, 2.75) is 13.0 Å². The Bertz CT molecular complexity index is 778. The number of anilines is 1. The maximum Gasteiger partial charge on any atom is 0.316 e. The van der Waals surface area contributed by atoms with Gasteiger partial charge in [-0.3, -0.25) is 9.59 Å². The number of rotatable bonds is 7. The molecule has 26 heavy (non-hydrogen) atoms. The highest BCUT2D eigenvalue weighted by Gasteiger charge is 2.22. The zero-order valence-electron chi connectivity index (χ0n) is 14.1. The van der Waals surface area contributed by atoms with Crippen molar-refractivity contribution < 1.29 is 28.3 Å². The number of carbonyl (C=O) groups excluding carboxylic acids is 2. The first kappa shape index (κ1) is 18.1. The van der Waals surface area contributed by atoms with E-state index in [1.165, 1.54) is 0 Å². The van der Waals surface area contributed by atoms with Gasteiger partial charge in [-0.1, -0.05) is 17.3 Å². The summed E-state index contributed by atoms with van der Waals surface area (Å²) in [5.41, 5.74) is 0. The number of aromatic nitrogens is 1. The first-order valence-corrected chi connectivity index (χ1v) is 9.10. The van der Waals surface area contributed by atoms with E-state index in [1.54, 1.807) is 19.1 Å². The number of aryl methyl sites for hydroxylation is 1. The van der Waals surface area contributed by atoms with Gasteiger partial charge in [0.05, 0.1) is 11.5 Å². The predicted octanol–water partition coefficient (Wildman–Crippen LogP) is 2.04. The lowest BCUT2D eigenvalue weighted by atomic mass is 10.3. The van der Waals surface area contributed by atoms with Crippen molar-refractivity contribution in [3.8, 4) is 11.5 Å². The fourth-order valence-corrected chi connectivity index (χ4v) is 2.81. The van der Waals surface area contributed by atoms with Crippen molar-refractivity contribution in [1.29, 1.82) is 0 Å². The zero-order chi connectivity index (χ0) is 18.4. The summed E-state index contributed by atoms with van der Waals surface area (Å²) in [5.74, 6) is 1.76. The molecular formula is C17H18N2O6S.